The minimum atomic E-state index is 0.592. The Kier molecular flexibility index (Phi) is 3.15. The molecule has 5 nitrogen and oxygen atoms in total. The maximum absolute atomic E-state index is 5.91. The fraction of sp³-hybridized carbons (Fsp3) is 0.143. The number of nitrogens with zero attached hydrogens (tertiary/aromatic N) is 3. The van der Waals surface area contributed by atoms with Crippen LogP contribution >= 0.6 is 11.3 Å². The maximum atomic E-state index is 5.91. The van der Waals surface area contributed by atoms with Gasteiger partial charge in [-0.3, -0.25) is 0 Å². The predicted octanol–water partition coefficient (Wildman–Crippen LogP) is 2.90. The van der Waals surface area contributed by atoms with Crippen LogP contribution in [0.15, 0.2) is 35.7 Å². The van der Waals surface area contributed by atoms with Crippen molar-refractivity contribution in [3.05, 3.63) is 41.4 Å². The highest BCUT2D eigenvalue weighted by Crippen LogP contribution is 2.27. The molecule has 0 spiro atoms. The van der Waals surface area contributed by atoms with Gasteiger partial charge in [0.15, 0.2) is 0 Å². The van der Waals surface area contributed by atoms with Crippen LogP contribution in [0.25, 0.3) is 16.4 Å². The summed E-state index contributed by atoms with van der Waals surface area (Å²) < 4.78 is 6.88. The van der Waals surface area contributed by atoms with Crippen LogP contribution in [0.5, 0.6) is 5.75 Å². The molecule has 2 N–H and O–H groups in total. The van der Waals surface area contributed by atoms with Crippen LogP contribution < -0.4 is 10.5 Å². The highest BCUT2D eigenvalue weighted by atomic mass is 32.1. The number of aryl methyl sites for hydroxylation is 1. The largest absolute Gasteiger partial charge is 0.497 e. The molecule has 0 saturated heterocycles. The van der Waals surface area contributed by atoms with Gasteiger partial charge in [0, 0.05) is 17.0 Å². The van der Waals surface area contributed by atoms with E-state index in [2.05, 4.69) is 10.1 Å². The van der Waals surface area contributed by atoms with E-state index in [-0.39, 0.29) is 0 Å². The molecule has 0 amide bonds. The van der Waals surface area contributed by atoms with Crippen LogP contribution in [0.4, 0.5) is 5.82 Å². The van der Waals surface area contributed by atoms with Crippen LogP contribution in [0.2, 0.25) is 0 Å². The Labute approximate surface area is 120 Å². The van der Waals surface area contributed by atoms with Gasteiger partial charge in [-0.25, -0.2) is 4.98 Å². The quantitative estimate of drug-likeness (QED) is 0.804. The van der Waals surface area contributed by atoms with Crippen molar-refractivity contribution in [2.45, 2.75) is 6.92 Å². The molecule has 0 atom stereocenters. The number of nitrogen functional groups attached to an aromatic ring is 1. The average molecular weight is 286 g/mol. The van der Waals surface area contributed by atoms with Gasteiger partial charge in [0.25, 0.3) is 0 Å². The molecule has 0 radical (unpaired) electrons. The number of anilines is 1. The Morgan fingerprint density at radius 2 is 2.15 bits per heavy atom. The number of ether oxygens (including phenoxy) is 1. The molecule has 6 heteroatoms. The summed E-state index contributed by atoms with van der Waals surface area (Å²) in [6, 6.07) is 9.63. The topological polar surface area (TPSA) is 66.0 Å². The monoisotopic (exact) mass is 286 g/mol. The summed E-state index contributed by atoms with van der Waals surface area (Å²) in [5, 5.41) is 7.08. The van der Waals surface area contributed by atoms with Gasteiger partial charge in [0.05, 0.1) is 18.5 Å². The van der Waals surface area contributed by atoms with Crippen molar-refractivity contribution in [1.82, 2.24) is 14.8 Å². The minimum Gasteiger partial charge on any atom is -0.497 e. The number of methoxy groups -OCH3 is 1. The zero-order valence-electron chi connectivity index (χ0n) is 11.2. The van der Waals surface area contributed by atoms with Gasteiger partial charge in [-0.15, -0.1) is 11.3 Å². The highest BCUT2D eigenvalue weighted by molar-refractivity contribution is 7.12. The average Bonchev–Trinajstić information content (AvgIpc) is 3.05. The second kappa shape index (κ2) is 4.97. The fourth-order valence-electron chi connectivity index (χ4n) is 1.95. The summed E-state index contributed by atoms with van der Waals surface area (Å²) >= 11 is 1.51. The smallest absolute Gasteiger partial charge is 0.212 e. The Balaban J connectivity index is 1.99. The summed E-state index contributed by atoms with van der Waals surface area (Å²) in [5.74, 6) is 1.40. The molecule has 3 rings (SSSR count). The van der Waals surface area contributed by atoms with E-state index >= 15 is 0 Å². The number of hydrogen-bond acceptors (Lipinski definition) is 5. The van der Waals surface area contributed by atoms with E-state index in [1.807, 2.05) is 42.6 Å². The molecule has 0 fully saturated rings. The SMILES string of the molecule is COc1cccc(-c2csc(-n3nc(C)cc3N)n2)c1. The predicted molar refractivity (Wildman–Crippen MR) is 80.4 cm³/mol. The molecule has 0 aliphatic carbocycles. The standard InChI is InChI=1S/C14H14N4OS/c1-9-6-13(15)18(17-9)14-16-12(8-20-14)10-4-3-5-11(7-10)19-2/h3-8H,15H2,1-2H3. The van der Waals surface area contributed by atoms with Gasteiger partial charge in [-0.2, -0.15) is 9.78 Å². The third-order valence-electron chi connectivity index (χ3n) is 2.90. The lowest BCUT2D eigenvalue weighted by Crippen LogP contribution is -2.01. The lowest BCUT2D eigenvalue weighted by Gasteiger charge is -2.01. The molecule has 20 heavy (non-hydrogen) atoms. The van der Waals surface area contributed by atoms with Crippen LogP contribution in [-0.4, -0.2) is 21.9 Å². The van der Waals surface area contributed by atoms with E-state index in [1.54, 1.807) is 11.8 Å². The second-order valence-electron chi connectivity index (χ2n) is 4.37. The first-order valence-corrected chi connectivity index (χ1v) is 6.98. The van der Waals surface area contributed by atoms with E-state index in [4.69, 9.17) is 10.5 Å². The maximum Gasteiger partial charge on any atom is 0.212 e. The van der Waals surface area contributed by atoms with E-state index in [0.717, 1.165) is 27.8 Å². The molecule has 0 aliphatic heterocycles. The summed E-state index contributed by atoms with van der Waals surface area (Å²) in [5.41, 5.74) is 8.68. The van der Waals surface area contributed by atoms with Crippen molar-refractivity contribution in [1.29, 1.82) is 0 Å². The molecular formula is C14H14N4OS. The van der Waals surface area contributed by atoms with E-state index < -0.39 is 0 Å². The van der Waals surface area contributed by atoms with Gasteiger partial charge < -0.3 is 10.5 Å². The number of rotatable bonds is 3. The number of thiazole rings is 1. The van der Waals surface area contributed by atoms with Crippen LogP contribution in [0.3, 0.4) is 0 Å². The zero-order valence-corrected chi connectivity index (χ0v) is 12.0. The second-order valence-corrected chi connectivity index (χ2v) is 5.21. The first-order chi connectivity index (χ1) is 9.67. The van der Waals surface area contributed by atoms with E-state index in [1.165, 1.54) is 11.3 Å². The molecule has 1 aromatic carbocycles. The Hall–Kier alpha value is -2.34. The molecule has 0 aliphatic rings. The van der Waals surface area contributed by atoms with Crippen molar-refractivity contribution in [2.75, 3.05) is 12.8 Å². The van der Waals surface area contributed by atoms with Gasteiger partial charge in [0.2, 0.25) is 5.13 Å². The van der Waals surface area contributed by atoms with Gasteiger partial charge in [-0.1, -0.05) is 12.1 Å². The van der Waals surface area contributed by atoms with Crippen molar-refractivity contribution < 1.29 is 4.74 Å². The molecule has 2 heterocycles. The third kappa shape index (κ3) is 2.25. The first kappa shape index (κ1) is 12.7. The van der Waals surface area contributed by atoms with Crippen molar-refractivity contribution in [3.63, 3.8) is 0 Å². The van der Waals surface area contributed by atoms with Crippen LogP contribution in [0.1, 0.15) is 5.69 Å². The summed E-state index contributed by atoms with van der Waals surface area (Å²) in [4.78, 5) is 4.58. The highest BCUT2D eigenvalue weighted by Gasteiger charge is 2.10. The number of aromatic nitrogens is 3. The number of nitrogens with two attached hydrogens (primary N) is 1. The Bertz CT molecular complexity index is 747. The van der Waals surface area contributed by atoms with Gasteiger partial charge >= 0.3 is 0 Å². The third-order valence-corrected chi connectivity index (χ3v) is 3.71. The molecule has 0 bridgehead atoms. The number of hydrogen-bond donors (Lipinski definition) is 1. The summed E-state index contributed by atoms with van der Waals surface area (Å²) in [7, 11) is 1.65. The Morgan fingerprint density at radius 3 is 2.85 bits per heavy atom. The van der Waals surface area contributed by atoms with E-state index in [0.29, 0.717) is 5.82 Å². The van der Waals surface area contributed by atoms with Crippen LogP contribution in [-0.2, 0) is 0 Å². The van der Waals surface area contributed by atoms with Crippen LogP contribution in [0, 0.1) is 6.92 Å². The molecule has 3 aromatic rings. The van der Waals surface area contributed by atoms with Crippen molar-refractivity contribution in [2.24, 2.45) is 0 Å². The summed E-state index contributed by atoms with van der Waals surface area (Å²) in [6.45, 7) is 1.91. The molecule has 0 saturated carbocycles. The zero-order chi connectivity index (χ0) is 14.1. The van der Waals surface area contributed by atoms with E-state index in [9.17, 15) is 0 Å². The van der Waals surface area contributed by atoms with Gasteiger partial charge in [0.1, 0.15) is 11.6 Å². The first-order valence-electron chi connectivity index (χ1n) is 6.10. The van der Waals surface area contributed by atoms with Gasteiger partial charge in [-0.05, 0) is 19.1 Å². The lowest BCUT2D eigenvalue weighted by atomic mass is 10.2. The minimum absolute atomic E-state index is 0.592. The normalized spacial score (nSPS) is 10.7. The Morgan fingerprint density at radius 1 is 1.30 bits per heavy atom. The molecular weight excluding hydrogens is 272 g/mol. The number of benzene rings is 1. The fourth-order valence-corrected chi connectivity index (χ4v) is 2.75. The van der Waals surface area contributed by atoms with Crippen molar-refractivity contribution in [3.8, 4) is 22.1 Å². The molecule has 102 valence electrons. The van der Waals surface area contributed by atoms with Crippen molar-refractivity contribution >= 4 is 17.2 Å². The molecule has 2 aromatic heterocycles. The lowest BCUT2D eigenvalue weighted by molar-refractivity contribution is 0.415. The summed E-state index contributed by atoms with van der Waals surface area (Å²) in [6.07, 6.45) is 0. The molecule has 0 unspecified atom stereocenters.